The van der Waals surface area contributed by atoms with E-state index in [1.165, 1.54) is 0 Å². The molecule has 6 heteroatoms. The summed E-state index contributed by atoms with van der Waals surface area (Å²) in [6.45, 7) is 11.0. The molecule has 1 aliphatic rings. The molecule has 3 N–H and O–H groups in total. The Hall–Kier alpha value is -0.880. The zero-order valence-electron chi connectivity index (χ0n) is 11.7. The predicted octanol–water partition coefficient (Wildman–Crippen LogP) is 0.787. The SMILES string of the molecule is CC(C(N)=S)N1CCN(C(=O)NC(C)(C)C)CC1. The molecule has 0 aliphatic carbocycles. The topological polar surface area (TPSA) is 61.6 Å². The predicted molar refractivity (Wildman–Crippen MR) is 77.7 cm³/mol. The number of nitrogens with zero attached hydrogens (tertiary/aromatic N) is 2. The van der Waals surface area contributed by atoms with Crippen LogP contribution in [0.5, 0.6) is 0 Å². The van der Waals surface area contributed by atoms with E-state index in [1.807, 2.05) is 32.6 Å². The zero-order valence-corrected chi connectivity index (χ0v) is 12.5. The number of amides is 2. The molecule has 0 aromatic carbocycles. The van der Waals surface area contributed by atoms with Crippen LogP contribution in [-0.4, -0.2) is 58.6 Å². The molecule has 0 radical (unpaired) electrons. The molecular formula is C12H24N4OS. The van der Waals surface area contributed by atoms with E-state index in [4.69, 9.17) is 18.0 Å². The van der Waals surface area contributed by atoms with Gasteiger partial charge >= 0.3 is 6.03 Å². The Morgan fingerprint density at radius 1 is 1.28 bits per heavy atom. The summed E-state index contributed by atoms with van der Waals surface area (Å²) in [4.78, 5) is 16.5. The summed E-state index contributed by atoms with van der Waals surface area (Å²) >= 11 is 4.99. The third-order valence-corrected chi connectivity index (χ3v) is 3.38. The minimum atomic E-state index is -0.194. The number of carbonyl (C=O) groups is 1. The molecule has 0 saturated carbocycles. The Bertz CT molecular complexity index is 319. The van der Waals surface area contributed by atoms with Crippen LogP contribution in [0.3, 0.4) is 0 Å². The van der Waals surface area contributed by atoms with Gasteiger partial charge < -0.3 is 16.0 Å². The van der Waals surface area contributed by atoms with Crippen LogP contribution in [0, 0.1) is 0 Å². The lowest BCUT2D eigenvalue weighted by Crippen LogP contribution is -2.57. The van der Waals surface area contributed by atoms with Gasteiger partial charge in [0.2, 0.25) is 0 Å². The second kappa shape index (κ2) is 5.84. The van der Waals surface area contributed by atoms with Crippen molar-refractivity contribution in [2.45, 2.75) is 39.3 Å². The highest BCUT2D eigenvalue weighted by molar-refractivity contribution is 7.80. The Morgan fingerprint density at radius 2 is 1.78 bits per heavy atom. The highest BCUT2D eigenvalue weighted by Crippen LogP contribution is 2.08. The zero-order chi connectivity index (χ0) is 13.9. The standard InChI is InChI=1S/C12H24N4OS/c1-9(10(13)18)15-5-7-16(8-6-15)11(17)14-12(2,3)4/h9H,5-8H2,1-4H3,(H2,13,18)(H,14,17). The first-order valence-electron chi connectivity index (χ1n) is 6.31. The molecule has 1 rings (SSSR count). The van der Waals surface area contributed by atoms with Gasteiger partial charge in [-0.1, -0.05) is 12.2 Å². The molecule has 0 aromatic heterocycles. The maximum absolute atomic E-state index is 12.0. The maximum Gasteiger partial charge on any atom is 0.317 e. The Labute approximate surface area is 115 Å². The first kappa shape index (κ1) is 15.2. The summed E-state index contributed by atoms with van der Waals surface area (Å²) in [6, 6.07) is 0.109. The molecule has 1 fully saturated rings. The highest BCUT2D eigenvalue weighted by atomic mass is 32.1. The molecule has 0 aromatic rings. The smallest absolute Gasteiger partial charge is 0.317 e. The molecule has 104 valence electrons. The van der Waals surface area contributed by atoms with Gasteiger partial charge in [0.05, 0.1) is 11.0 Å². The number of urea groups is 1. The van der Waals surface area contributed by atoms with E-state index >= 15 is 0 Å². The van der Waals surface area contributed by atoms with Crippen LogP contribution in [0.2, 0.25) is 0 Å². The fraction of sp³-hybridized carbons (Fsp3) is 0.833. The molecule has 1 unspecified atom stereocenters. The molecule has 1 atom stereocenters. The number of thiocarbonyl (C=S) groups is 1. The lowest BCUT2D eigenvalue weighted by Gasteiger charge is -2.38. The fourth-order valence-corrected chi connectivity index (χ4v) is 2.04. The van der Waals surface area contributed by atoms with Crippen molar-refractivity contribution in [1.29, 1.82) is 0 Å². The van der Waals surface area contributed by atoms with Gasteiger partial charge in [0, 0.05) is 31.7 Å². The fourth-order valence-electron chi connectivity index (χ4n) is 1.89. The van der Waals surface area contributed by atoms with Gasteiger partial charge in [-0.05, 0) is 27.7 Å². The van der Waals surface area contributed by atoms with E-state index < -0.39 is 0 Å². The number of hydrogen-bond donors (Lipinski definition) is 2. The van der Waals surface area contributed by atoms with Crippen molar-refractivity contribution in [3.05, 3.63) is 0 Å². The van der Waals surface area contributed by atoms with Gasteiger partial charge in [0.1, 0.15) is 0 Å². The summed E-state index contributed by atoms with van der Waals surface area (Å²) in [6.07, 6.45) is 0. The lowest BCUT2D eigenvalue weighted by molar-refractivity contribution is 0.127. The van der Waals surface area contributed by atoms with Gasteiger partial charge in [-0.15, -0.1) is 0 Å². The minimum Gasteiger partial charge on any atom is -0.392 e. The lowest BCUT2D eigenvalue weighted by atomic mass is 10.1. The van der Waals surface area contributed by atoms with Gasteiger partial charge in [-0.25, -0.2) is 4.79 Å². The quantitative estimate of drug-likeness (QED) is 0.730. The molecule has 0 bridgehead atoms. The largest absolute Gasteiger partial charge is 0.392 e. The normalized spacial score (nSPS) is 19.4. The second-order valence-corrected chi connectivity index (χ2v) is 6.25. The van der Waals surface area contributed by atoms with Crippen LogP contribution >= 0.6 is 12.2 Å². The monoisotopic (exact) mass is 272 g/mol. The Morgan fingerprint density at radius 3 is 2.17 bits per heavy atom. The van der Waals surface area contributed by atoms with Crippen LogP contribution < -0.4 is 11.1 Å². The third kappa shape index (κ3) is 4.42. The molecule has 18 heavy (non-hydrogen) atoms. The first-order valence-corrected chi connectivity index (χ1v) is 6.72. The van der Waals surface area contributed by atoms with Crippen molar-refractivity contribution in [1.82, 2.24) is 15.1 Å². The summed E-state index contributed by atoms with van der Waals surface area (Å²) < 4.78 is 0. The van der Waals surface area contributed by atoms with Gasteiger partial charge in [0.15, 0.2) is 0 Å². The molecule has 1 saturated heterocycles. The van der Waals surface area contributed by atoms with Crippen LogP contribution in [-0.2, 0) is 0 Å². The average molecular weight is 272 g/mol. The number of piperazine rings is 1. The van der Waals surface area contributed by atoms with Crippen molar-refractivity contribution in [3.8, 4) is 0 Å². The van der Waals surface area contributed by atoms with Crippen LogP contribution in [0.15, 0.2) is 0 Å². The summed E-state index contributed by atoms with van der Waals surface area (Å²) in [5.74, 6) is 0. The number of hydrogen-bond acceptors (Lipinski definition) is 3. The number of rotatable bonds is 2. The van der Waals surface area contributed by atoms with Crippen LogP contribution in [0.25, 0.3) is 0 Å². The Balaban J connectivity index is 2.44. The molecule has 2 amide bonds. The van der Waals surface area contributed by atoms with Crippen molar-refractivity contribution in [3.63, 3.8) is 0 Å². The van der Waals surface area contributed by atoms with Crippen LogP contribution in [0.1, 0.15) is 27.7 Å². The molecular weight excluding hydrogens is 248 g/mol. The summed E-state index contributed by atoms with van der Waals surface area (Å²) in [5.41, 5.74) is 5.45. The van der Waals surface area contributed by atoms with E-state index in [9.17, 15) is 4.79 Å². The number of nitrogens with one attached hydrogen (secondary N) is 1. The van der Waals surface area contributed by atoms with Gasteiger partial charge in [-0.3, -0.25) is 4.90 Å². The number of nitrogens with two attached hydrogens (primary N) is 1. The van der Waals surface area contributed by atoms with E-state index in [0.29, 0.717) is 4.99 Å². The van der Waals surface area contributed by atoms with Crippen LogP contribution in [0.4, 0.5) is 4.79 Å². The van der Waals surface area contributed by atoms with E-state index in [1.54, 1.807) is 0 Å². The minimum absolute atomic E-state index is 0.00475. The molecule has 0 spiro atoms. The van der Waals surface area contributed by atoms with E-state index in [-0.39, 0.29) is 17.6 Å². The highest BCUT2D eigenvalue weighted by Gasteiger charge is 2.26. The summed E-state index contributed by atoms with van der Waals surface area (Å²) in [7, 11) is 0. The van der Waals surface area contributed by atoms with E-state index in [0.717, 1.165) is 26.2 Å². The van der Waals surface area contributed by atoms with Crippen molar-refractivity contribution < 1.29 is 4.79 Å². The molecule has 1 aliphatic heterocycles. The van der Waals surface area contributed by atoms with Crippen molar-refractivity contribution >= 4 is 23.2 Å². The average Bonchev–Trinajstić information content (AvgIpc) is 2.26. The first-order chi connectivity index (χ1) is 8.20. The van der Waals surface area contributed by atoms with E-state index in [2.05, 4.69) is 10.2 Å². The number of carbonyl (C=O) groups excluding carboxylic acids is 1. The maximum atomic E-state index is 12.0. The van der Waals surface area contributed by atoms with Crippen molar-refractivity contribution in [2.75, 3.05) is 26.2 Å². The second-order valence-electron chi connectivity index (χ2n) is 5.78. The summed E-state index contributed by atoms with van der Waals surface area (Å²) in [5, 5.41) is 2.97. The Kier molecular flexibility index (Phi) is 4.92. The van der Waals surface area contributed by atoms with Crippen molar-refractivity contribution in [2.24, 2.45) is 5.73 Å². The molecule has 5 nitrogen and oxygen atoms in total. The van der Waals surface area contributed by atoms with Gasteiger partial charge in [-0.2, -0.15) is 0 Å². The molecule has 1 heterocycles. The van der Waals surface area contributed by atoms with Gasteiger partial charge in [0.25, 0.3) is 0 Å². The third-order valence-electron chi connectivity index (χ3n) is 3.04.